The van der Waals surface area contributed by atoms with Crippen LogP contribution in [0.3, 0.4) is 0 Å². The lowest BCUT2D eigenvalue weighted by Crippen LogP contribution is -2.41. The molecule has 1 amide bonds. The molecule has 7 heteroatoms. The van der Waals surface area contributed by atoms with Crippen LogP contribution in [0.5, 0.6) is 0 Å². The van der Waals surface area contributed by atoms with Crippen molar-refractivity contribution in [2.45, 2.75) is 57.7 Å². The lowest BCUT2D eigenvalue weighted by molar-refractivity contribution is 0.0945. The van der Waals surface area contributed by atoms with Crippen molar-refractivity contribution in [1.82, 2.24) is 20.2 Å². The first kappa shape index (κ1) is 22.7. The van der Waals surface area contributed by atoms with Gasteiger partial charge in [0.1, 0.15) is 11.5 Å². The lowest BCUT2D eigenvalue weighted by atomic mass is 9.91. The van der Waals surface area contributed by atoms with Crippen LogP contribution in [-0.2, 0) is 24.1 Å². The molecule has 32 heavy (non-hydrogen) atoms. The number of methoxy groups -OCH3 is 1. The zero-order chi connectivity index (χ0) is 22.5. The summed E-state index contributed by atoms with van der Waals surface area (Å²) in [5, 5.41) is 2.99. The maximum absolute atomic E-state index is 12.6. The summed E-state index contributed by atoms with van der Waals surface area (Å²) in [7, 11) is 3.62. The van der Waals surface area contributed by atoms with Crippen molar-refractivity contribution in [1.29, 1.82) is 0 Å². The highest BCUT2D eigenvalue weighted by molar-refractivity contribution is 5.91. The van der Waals surface area contributed by atoms with Gasteiger partial charge in [-0.15, -0.1) is 0 Å². The van der Waals surface area contributed by atoms with Gasteiger partial charge in [-0.1, -0.05) is 24.6 Å². The van der Waals surface area contributed by atoms with Gasteiger partial charge in [0.05, 0.1) is 18.5 Å². The highest BCUT2D eigenvalue weighted by Crippen LogP contribution is 2.27. The van der Waals surface area contributed by atoms with E-state index in [1.165, 1.54) is 43.1 Å². The second-order valence-corrected chi connectivity index (χ2v) is 9.09. The van der Waals surface area contributed by atoms with E-state index in [2.05, 4.69) is 38.4 Å². The fourth-order valence-electron chi connectivity index (χ4n) is 4.48. The van der Waals surface area contributed by atoms with Gasteiger partial charge in [-0.25, -0.2) is 9.97 Å². The van der Waals surface area contributed by atoms with E-state index in [-0.39, 0.29) is 12.0 Å². The Morgan fingerprint density at radius 2 is 2.00 bits per heavy atom. The van der Waals surface area contributed by atoms with Crippen molar-refractivity contribution in [3.05, 3.63) is 53.0 Å². The normalized spacial score (nSPS) is 17.7. The van der Waals surface area contributed by atoms with E-state index in [4.69, 9.17) is 4.74 Å². The molecule has 172 valence electrons. The number of hydrogen-bond donors (Lipinski definition) is 1. The third-order valence-corrected chi connectivity index (χ3v) is 6.85. The van der Waals surface area contributed by atoms with E-state index in [0.717, 1.165) is 31.0 Å². The third-order valence-electron chi connectivity index (χ3n) is 6.85. The lowest BCUT2D eigenvalue weighted by Gasteiger charge is -2.36. The van der Waals surface area contributed by atoms with E-state index in [0.29, 0.717) is 24.6 Å². The minimum atomic E-state index is -0.205. The molecule has 1 N–H and O–H groups in total. The first-order valence-corrected chi connectivity index (χ1v) is 11.7. The predicted octanol–water partition coefficient (Wildman–Crippen LogP) is 2.83. The predicted molar refractivity (Wildman–Crippen MR) is 126 cm³/mol. The minimum absolute atomic E-state index is 0.0898. The number of rotatable bonds is 8. The van der Waals surface area contributed by atoms with Crippen LogP contribution >= 0.6 is 0 Å². The van der Waals surface area contributed by atoms with Gasteiger partial charge in [-0.2, -0.15) is 0 Å². The van der Waals surface area contributed by atoms with Gasteiger partial charge in [-0.3, -0.25) is 9.69 Å². The number of carbonyl (C=O) groups excluding carboxylic acids is 1. The zero-order valence-electron chi connectivity index (χ0n) is 19.5. The van der Waals surface area contributed by atoms with Crippen LogP contribution in [0, 0.1) is 0 Å². The Labute approximate surface area is 191 Å². The molecule has 4 rings (SSSR count). The second kappa shape index (κ2) is 10.4. The number of anilines is 1. The number of carbonyl (C=O) groups is 1. The van der Waals surface area contributed by atoms with Crippen molar-refractivity contribution < 1.29 is 9.53 Å². The maximum atomic E-state index is 12.6. The molecule has 1 aromatic carbocycles. The quantitative estimate of drug-likeness (QED) is 0.685. The summed E-state index contributed by atoms with van der Waals surface area (Å²) in [6.45, 7) is 5.51. The Morgan fingerprint density at radius 1 is 1.22 bits per heavy atom. The number of ether oxygens (including phenoxy) is 1. The Hall–Kier alpha value is -2.51. The average molecular weight is 438 g/mol. The minimum Gasteiger partial charge on any atom is -0.380 e. The van der Waals surface area contributed by atoms with Gasteiger partial charge in [-0.05, 0) is 49.3 Å². The fourth-order valence-corrected chi connectivity index (χ4v) is 4.48. The largest absolute Gasteiger partial charge is 0.380 e. The summed E-state index contributed by atoms with van der Waals surface area (Å²) in [6.07, 6.45) is 9.58. The molecule has 1 fully saturated rings. The molecule has 1 aliphatic heterocycles. The van der Waals surface area contributed by atoms with Crippen molar-refractivity contribution in [2.24, 2.45) is 0 Å². The third kappa shape index (κ3) is 5.45. The topological polar surface area (TPSA) is 70.6 Å². The first-order valence-electron chi connectivity index (χ1n) is 11.7. The molecular formula is C25H35N5O2. The van der Waals surface area contributed by atoms with Gasteiger partial charge in [0.15, 0.2) is 0 Å². The number of fused-ring (bicyclic) bond motifs is 1. The summed E-state index contributed by atoms with van der Waals surface area (Å²) in [5.74, 6) is 0.509. The van der Waals surface area contributed by atoms with Crippen LogP contribution < -0.4 is 10.2 Å². The summed E-state index contributed by atoms with van der Waals surface area (Å²) in [5.41, 5.74) is 4.34. The highest BCUT2D eigenvalue weighted by atomic mass is 16.5. The van der Waals surface area contributed by atoms with Crippen LogP contribution in [0.15, 0.2) is 30.6 Å². The zero-order valence-corrected chi connectivity index (χ0v) is 19.5. The molecule has 2 aromatic rings. The monoisotopic (exact) mass is 437 g/mol. The number of nitrogens with zero attached hydrogens (tertiary/aromatic N) is 4. The SMILES string of the molecule is CO[C@@H](C)CN(C)c1cnc(C(=O)NCc2ccc3c(c2)CCN(C2CCC2)CC3)cn1. The molecule has 0 saturated heterocycles. The molecule has 0 spiro atoms. The van der Waals surface area contributed by atoms with Crippen molar-refractivity contribution >= 4 is 11.7 Å². The average Bonchev–Trinajstić information content (AvgIpc) is 2.98. The Morgan fingerprint density at radius 3 is 2.66 bits per heavy atom. The number of likely N-dealkylation sites (N-methyl/N-ethyl adjacent to an activating group) is 1. The summed E-state index contributed by atoms with van der Waals surface area (Å²) >= 11 is 0. The standard InChI is InChI=1S/C25H35N5O2/c1-18(32-3)17-29(2)24-16-26-23(15-27-24)25(31)28-14-19-7-8-20-9-11-30(22-5-4-6-22)12-10-21(20)13-19/h7-8,13,15-16,18,22H,4-6,9-12,14,17H2,1-3H3,(H,28,31)/t18-/m0/s1. The maximum Gasteiger partial charge on any atom is 0.271 e. The van der Waals surface area contributed by atoms with E-state index < -0.39 is 0 Å². The van der Waals surface area contributed by atoms with Crippen molar-refractivity contribution in [3.8, 4) is 0 Å². The van der Waals surface area contributed by atoms with Gasteiger partial charge >= 0.3 is 0 Å². The number of nitrogens with one attached hydrogen (secondary N) is 1. The number of benzene rings is 1. The molecule has 0 bridgehead atoms. The van der Waals surface area contributed by atoms with E-state index in [9.17, 15) is 4.79 Å². The summed E-state index contributed by atoms with van der Waals surface area (Å²) in [4.78, 5) is 25.9. The van der Waals surface area contributed by atoms with Gasteiger partial charge < -0.3 is 15.0 Å². The van der Waals surface area contributed by atoms with Gasteiger partial charge in [0, 0.05) is 46.4 Å². The van der Waals surface area contributed by atoms with E-state index in [1.807, 2.05) is 18.9 Å². The molecule has 1 saturated carbocycles. The molecule has 1 aliphatic carbocycles. The molecule has 1 atom stereocenters. The second-order valence-electron chi connectivity index (χ2n) is 9.09. The van der Waals surface area contributed by atoms with Crippen molar-refractivity contribution in [2.75, 3.05) is 38.7 Å². The van der Waals surface area contributed by atoms with E-state index in [1.54, 1.807) is 13.3 Å². The smallest absolute Gasteiger partial charge is 0.271 e. The first-order chi connectivity index (χ1) is 15.5. The highest BCUT2D eigenvalue weighted by Gasteiger charge is 2.26. The molecular weight excluding hydrogens is 402 g/mol. The van der Waals surface area contributed by atoms with Crippen LogP contribution in [-0.4, -0.2) is 66.7 Å². The Balaban J connectivity index is 1.31. The van der Waals surface area contributed by atoms with Crippen LogP contribution in [0.1, 0.15) is 53.4 Å². The number of aromatic nitrogens is 2. The molecule has 0 unspecified atom stereocenters. The molecule has 1 aromatic heterocycles. The fraction of sp³-hybridized carbons (Fsp3) is 0.560. The van der Waals surface area contributed by atoms with Crippen LogP contribution in [0.4, 0.5) is 5.82 Å². The van der Waals surface area contributed by atoms with Crippen LogP contribution in [0.25, 0.3) is 0 Å². The molecule has 2 heterocycles. The molecule has 2 aliphatic rings. The molecule has 7 nitrogen and oxygen atoms in total. The van der Waals surface area contributed by atoms with Gasteiger partial charge in [0.2, 0.25) is 0 Å². The van der Waals surface area contributed by atoms with E-state index >= 15 is 0 Å². The number of hydrogen-bond acceptors (Lipinski definition) is 6. The number of amides is 1. The Kier molecular flexibility index (Phi) is 7.37. The summed E-state index contributed by atoms with van der Waals surface area (Å²) in [6, 6.07) is 7.45. The summed E-state index contributed by atoms with van der Waals surface area (Å²) < 4.78 is 5.29. The Bertz CT molecular complexity index is 913. The van der Waals surface area contributed by atoms with Crippen LogP contribution in [0.2, 0.25) is 0 Å². The van der Waals surface area contributed by atoms with Gasteiger partial charge in [0.25, 0.3) is 5.91 Å². The molecule has 0 radical (unpaired) electrons. The van der Waals surface area contributed by atoms with Crippen molar-refractivity contribution in [3.63, 3.8) is 0 Å².